The third kappa shape index (κ3) is 3.65. The fourth-order valence-corrected chi connectivity index (χ4v) is 1.52. The molecule has 1 heterocycles. The Labute approximate surface area is 115 Å². The number of nitrogens with zero attached hydrogens (tertiary/aromatic N) is 1. The molecule has 0 saturated carbocycles. The van der Waals surface area contributed by atoms with Gasteiger partial charge in [0.05, 0.1) is 0 Å². The van der Waals surface area contributed by atoms with E-state index in [1.165, 1.54) is 12.3 Å². The lowest BCUT2D eigenvalue weighted by Gasteiger charge is -2.07. The van der Waals surface area contributed by atoms with Gasteiger partial charge in [-0.05, 0) is 5.56 Å². The highest BCUT2D eigenvalue weighted by molar-refractivity contribution is 5.83. The van der Waals surface area contributed by atoms with Crippen LogP contribution in [0.3, 0.4) is 0 Å². The molecule has 102 valence electrons. The summed E-state index contributed by atoms with van der Waals surface area (Å²) in [6, 6.07) is 10.4. The molecule has 20 heavy (non-hydrogen) atoms. The van der Waals surface area contributed by atoms with Crippen molar-refractivity contribution < 1.29 is 13.9 Å². The third-order valence-electron chi connectivity index (χ3n) is 2.54. The van der Waals surface area contributed by atoms with Crippen LogP contribution in [-0.2, 0) is 11.3 Å². The van der Waals surface area contributed by atoms with Crippen molar-refractivity contribution in [1.29, 1.82) is 0 Å². The molecule has 0 bridgehead atoms. The number of carbonyl (C=O) groups excluding carboxylic acids is 1. The van der Waals surface area contributed by atoms with Crippen LogP contribution < -0.4 is 5.32 Å². The van der Waals surface area contributed by atoms with Gasteiger partial charge in [0.1, 0.15) is 18.2 Å². The molecule has 0 unspecified atom stereocenters. The van der Waals surface area contributed by atoms with Crippen molar-refractivity contribution >= 4 is 18.0 Å². The van der Waals surface area contributed by atoms with Crippen molar-refractivity contribution in [3.63, 3.8) is 0 Å². The number of nitrogens with one attached hydrogen (secondary N) is 1. The summed E-state index contributed by atoms with van der Waals surface area (Å²) in [7, 11) is 0. The number of aromatic nitrogens is 1. The van der Waals surface area contributed by atoms with Gasteiger partial charge < -0.3 is 4.74 Å². The Balaban J connectivity index is 1.91. The average molecular weight is 272 g/mol. The minimum atomic E-state index is -0.688. The van der Waals surface area contributed by atoms with Gasteiger partial charge in [0.15, 0.2) is 0 Å². The van der Waals surface area contributed by atoms with Crippen LogP contribution in [0.15, 0.2) is 49.2 Å². The van der Waals surface area contributed by atoms with Gasteiger partial charge in [0.25, 0.3) is 0 Å². The van der Waals surface area contributed by atoms with Crippen molar-refractivity contribution in [2.45, 2.75) is 6.61 Å². The average Bonchev–Trinajstić information content (AvgIpc) is 2.46. The smallest absolute Gasteiger partial charge is 0.413 e. The molecule has 0 aliphatic rings. The number of benzene rings is 1. The Morgan fingerprint density at radius 1 is 1.40 bits per heavy atom. The second kappa shape index (κ2) is 6.47. The van der Waals surface area contributed by atoms with E-state index in [1.807, 2.05) is 30.3 Å². The Kier molecular flexibility index (Phi) is 4.44. The summed E-state index contributed by atoms with van der Waals surface area (Å²) < 4.78 is 18.4. The normalized spacial score (nSPS) is 9.85. The minimum absolute atomic E-state index is 0.0890. The Bertz CT molecular complexity index is 615. The highest BCUT2D eigenvalue weighted by atomic mass is 19.1. The largest absolute Gasteiger partial charge is 0.444 e. The first-order chi connectivity index (χ1) is 9.69. The van der Waals surface area contributed by atoms with Crippen molar-refractivity contribution in [1.82, 2.24) is 4.98 Å². The van der Waals surface area contributed by atoms with Crippen LogP contribution >= 0.6 is 0 Å². The van der Waals surface area contributed by atoms with E-state index in [4.69, 9.17) is 4.74 Å². The first-order valence-electron chi connectivity index (χ1n) is 5.94. The number of halogens is 1. The predicted octanol–water partition coefficient (Wildman–Crippen LogP) is 3.61. The van der Waals surface area contributed by atoms with Crippen LogP contribution in [0.25, 0.3) is 6.08 Å². The maximum absolute atomic E-state index is 13.4. The SMILES string of the molecule is C=Cc1cnc(NC(=O)OCc2ccccc2)cc1F. The Morgan fingerprint density at radius 2 is 2.15 bits per heavy atom. The highest BCUT2D eigenvalue weighted by Crippen LogP contribution is 2.12. The molecule has 2 aromatic rings. The summed E-state index contributed by atoms with van der Waals surface area (Å²) in [5, 5.41) is 2.36. The molecule has 0 aliphatic heterocycles. The predicted molar refractivity (Wildman–Crippen MR) is 74.5 cm³/mol. The number of amides is 1. The number of rotatable bonds is 4. The van der Waals surface area contributed by atoms with Gasteiger partial charge in [0, 0.05) is 17.8 Å². The summed E-state index contributed by atoms with van der Waals surface area (Å²) in [5.41, 5.74) is 1.14. The van der Waals surface area contributed by atoms with Gasteiger partial charge in [-0.1, -0.05) is 43.0 Å². The fraction of sp³-hybridized carbons (Fsp3) is 0.0667. The molecule has 0 fully saturated rings. The summed E-state index contributed by atoms with van der Waals surface area (Å²) >= 11 is 0. The number of hydrogen-bond acceptors (Lipinski definition) is 3. The van der Waals surface area contributed by atoms with E-state index < -0.39 is 11.9 Å². The van der Waals surface area contributed by atoms with E-state index in [9.17, 15) is 9.18 Å². The maximum Gasteiger partial charge on any atom is 0.413 e. The van der Waals surface area contributed by atoms with Crippen LogP contribution in [0, 0.1) is 5.82 Å². The summed E-state index contributed by atoms with van der Waals surface area (Å²) in [5.74, 6) is -0.417. The maximum atomic E-state index is 13.4. The lowest BCUT2D eigenvalue weighted by molar-refractivity contribution is 0.155. The van der Waals surface area contributed by atoms with Gasteiger partial charge in [-0.2, -0.15) is 0 Å². The third-order valence-corrected chi connectivity index (χ3v) is 2.54. The monoisotopic (exact) mass is 272 g/mol. The molecular formula is C15H13FN2O2. The molecule has 1 aromatic heterocycles. The van der Waals surface area contributed by atoms with Gasteiger partial charge in [-0.25, -0.2) is 14.2 Å². The van der Waals surface area contributed by atoms with Gasteiger partial charge in [-0.15, -0.1) is 0 Å². The zero-order valence-corrected chi connectivity index (χ0v) is 10.7. The molecule has 2 rings (SSSR count). The van der Waals surface area contributed by atoms with E-state index in [0.29, 0.717) is 0 Å². The molecule has 1 N–H and O–H groups in total. The Hall–Kier alpha value is -2.69. The molecule has 1 amide bonds. The van der Waals surface area contributed by atoms with Crippen LogP contribution in [0.4, 0.5) is 15.0 Å². The van der Waals surface area contributed by atoms with E-state index in [1.54, 1.807) is 0 Å². The zero-order valence-electron chi connectivity index (χ0n) is 10.7. The number of ether oxygens (including phenoxy) is 1. The van der Waals surface area contributed by atoms with Crippen LogP contribution in [0.5, 0.6) is 0 Å². The molecule has 5 heteroatoms. The highest BCUT2D eigenvalue weighted by Gasteiger charge is 2.07. The van der Waals surface area contributed by atoms with E-state index in [-0.39, 0.29) is 18.0 Å². The molecule has 0 spiro atoms. The zero-order chi connectivity index (χ0) is 14.4. The molecular weight excluding hydrogens is 259 g/mol. The first kappa shape index (κ1) is 13.7. The topological polar surface area (TPSA) is 51.2 Å². The van der Waals surface area contributed by atoms with Crippen LogP contribution in [-0.4, -0.2) is 11.1 Å². The lowest BCUT2D eigenvalue weighted by atomic mass is 10.2. The van der Waals surface area contributed by atoms with Gasteiger partial charge in [-0.3, -0.25) is 5.32 Å². The molecule has 4 nitrogen and oxygen atoms in total. The second-order valence-corrected chi connectivity index (χ2v) is 3.98. The summed E-state index contributed by atoms with van der Waals surface area (Å²) in [6.07, 6.45) is 1.95. The number of pyridine rings is 1. The van der Waals surface area contributed by atoms with Crippen molar-refractivity contribution in [2.75, 3.05) is 5.32 Å². The lowest BCUT2D eigenvalue weighted by Crippen LogP contribution is -2.14. The first-order valence-corrected chi connectivity index (χ1v) is 5.94. The number of anilines is 1. The second-order valence-electron chi connectivity index (χ2n) is 3.98. The van der Waals surface area contributed by atoms with Crippen LogP contribution in [0.2, 0.25) is 0 Å². The number of carbonyl (C=O) groups is 1. The summed E-state index contributed by atoms with van der Waals surface area (Å²) in [6.45, 7) is 3.59. The van der Waals surface area contributed by atoms with E-state index in [0.717, 1.165) is 11.6 Å². The van der Waals surface area contributed by atoms with E-state index >= 15 is 0 Å². The van der Waals surface area contributed by atoms with Gasteiger partial charge >= 0.3 is 6.09 Å². The fourth-order valence-electron chi connectivity index (χ4n) is 1.52. The van der Waals surface area contributed by atoms with Crippen molar-refractivity contribution in [3.8, 4) is 0 Å². The molecule has 0 saturated heterocycles. The standard InChI is InChI=1S/C15H13FN2O2/c1-2-12-9-17-14(8-13(12)16)18-15(19)20-10-11-6-4-3-5-7-11/h2-9H,1,10H2,(H,17,18,19). The quantitative estimate of drug-likeness (QED) is 0.925. The molecule has 0 radical (unpaired) electrons. The van der Waals surface area contributed by atoms with Crippen LogP contribution in [0.1, 0.15) is 11.1 Å². The molecule has 1 aromatic carbocycles. The number of hydrogen-bond donors (Lipinski definition) is 1. The molecule has 0 aliphatic carbocycles. The van der Waals surface area contributed by atoms with Crippen molar-refractivity contribution in [3.05, 3.63) is 66.1 Å². The minimum Gasteiger partial charge on any atom is -0.444 e. The van der Waals surface area contributed by atoms with Crippen molar-refractivity contribution in [2.24, 2.45) is 0 Å². The van der Waals surface area contributed by atoms with Gasteiger partial charge in [0.2, 0.25) is 0 Å². The van der Waals surface area contributed by atoms with E-state index in [2.05, 4.69) is 16.9 Å². The Morgan fingerprint density at radius 3 is 2.80 bits per heavy atom. The summed E-state index contributed by atoms with van der Waals surface area (Å²) in [4.78, 5) is 15.4. The molecule has 0 atom stereocenters.